The summed E-state index contributed by atoms with van der Waals surface area (Å²) < 4.78 is 11.3. The standard InChI is InChI=1S/C21H16BrNO5/c1-13-10-16(22)6-8-18(13)23-20(25)12-27-21(26)15-4-2-14(3-5-15)19-9-7-17(11-24)28-19/h2-11H,12H2,1H3,(H,23,25). The van der Waals surface area contributed by atoms with Gasteiger partial charge < -0.3 is 14.5 Å². The number of furan rings is 1. The molecule has 0 spiro atoms. The largest absolute Gasteiger partial charge is 0.453 e. The van der Waals surface area contributed by atoms with Gasteiger partial charge in [-0.3, -0.25) is 9.59 Å². The molecule has 0 radical (unpaired) electrons. The fraction of sp³-hybridized carbons (Fsp3) is 0.0952. The van der Waals surface area contributed by atoms with Crippen molar-refractivity contribution in [2.24, 2.45) is 0 Å². The van der Waals surface area contributed by atoms with E-state index >= 15 is 0 Å². The van der Waals surface area contributed by atoms with E-state index in [2.05, 4.69) is 21.2 Å². The maximum absolute atomic E-state index is 12.1. The average molecular weight is 442 g/mol. The van der Waals surface area contributed by atoms with E-state index in [0.29, 0.717) is 28.9 Å². The third kappa shape index (κ3) is 4.75. The highest BCUT2D eigenvalue weighted by Crippen LogP contribution is 2.22. The van der Waals surface area contributed by atoms with E-state index in [1.54, 1.807) is 42.5 Å². The number of ether oxygens (including phenoxy) is 1. The van der Waals surface area contributed by atoms with Crippen molar-refractivity contribution in [2.45, 2.75) is 6.92 Å². The van der Waals surface area contributed by atoms with Crippen molar-refractivity contribution in [3.63, 3.8) is 0 Å². The lowest BCUT2D eigenvalue weighted by molar-refractivity contribution is -0.119. The third-order valence-corrected chi connectivity index (χ3v) is 4.44. The lowest BCUT2D eigenvalue weighted by Crippen LogP contribution is -2.21. The number of carbonyl (C=O) groups excluding carboxylic acids is 3. The first-order chi connectivity index (χ1) is 13.5. The van der Waals surface area contributed by atoms with E-state index in [9.17, 15) is 14.4 Å². The molecule has 0 aliphatic carbocycles. The van der Waals surface area contributed by atoms with E-state index in [4.69, 9.17) is 9.15 Å². The maximum Gasteiger partial charge on any atom is 0.338 e. The van der Waals surface area contributed by atoms with Crippen LogP contribution in [0.1, 0.15) is 26.5 Å². The number of aldehydes is 1. The normalized spacial score (nSPS) is 10.4. The molecular formula is C21H16BrNO5. The molecular weight excluding hydrogens is 426 g/mol. The summed E-state index contributed by atoms with van der Waals surface area (Å²) in [5.74, 6) is -0.286. The minimum Gasteiger partial charge on any atom is -0.453 e. The number of hydrogen-bond acceptors (Lipinski definition) is 5. The van der Waals surface area contributed by atoms with Crippen LogP contribution in [0.15, 0.2) is 63.5 Å². The van der Waals surface area contributed by atoms with Crippen molar-refractivity contribution in [1.29, 1.82) is 0 Å². The fourth-order valence-electron chi connectivity index (χ4n) is 2.51. The van der Waals surface area contributed by atoms with Gasteiger partial charge in [0.25, 0.3) is 5.91 Å². The summed E-state index contributed by atoms with van der Waals surface area (Å²) >= 11 is 3.36. The van der Waals surface area contributed by atoms with Crippen LogP contribution in [0.5, 0.6) is 0 Å². The van der Waals surface area contributed by atoms with Crippen LogP contribution in [0.3, 0.4) is 0 Å². The molecule has 2 aromatic carbocycles. The van der Waals surface area contributed by atoms with Crippen LogP contribution in [0.25, 0.3) is 11.3 Å². The minimum absolute atomic E-state index is 0.227. The summed E-state index contributed by atoms with van der Waals surface area (Å²) in [5.41, 5.74) is 2.56. The molecule has 7 heteroatoms. The van der Waals surface area contributed by atoms with E-state index < -0.39 is 18.5 Å². The molecule has 0 saturated heterocycles. The first-order valence-corrected chi connectivity index (χ1v) is 9.14. The Balaban J connectivity index is 1.57. The van der Waals surface area contributed by atoms with Crippen LogP contribution >= 0.6 is 15.9 Å². The number of carbonyl (C=O) groups is 3. The Labute approximate surface area is 169 Å². The van der Waals surface area contributed by atoms with Crippen LogP contribution in [0.2, 0.25) is 0 Å². The highest BCUT2D eigenvalue weighted by molar-refractivity contribution is 9.10. The molecule has 0 aliphatic heterocycles. The predicted molar refractivity (Wildman–Crippen MR) is 107 cm³/mol. The highest BCUT2D eigenvalue weighted by atomic mass is 79.9. The number of nitrogens with one attached hydrogen (secondary N) is 1. The van der Waals surface area contributed by atoms with Gasteiger partial charge in [0, 0.05) is 15.7 Å². The number of hydrogen-bond donors (Lipinski definition) is 1. The molecule has 3 aromatic rings. The number of benzene rings is 2. The van der Waals surface area contributed by atoms with Crippen LogP contribution < -0.4 is 5.32 Å². The van der Waals surface area contributed by atoms with Gasteiger partial charge in [0.1, 0.15) is 5.76 Å². The van der Waals surface area contributed by atoms with Crippen molar-refractivity contribution in [1.82, 2.24) is 0 Å². The van der Waals surface area contributed by atoms with E-state index in [1.807, 2.05) is 19.1 Å². The van der Waals surface area contributed by atoms with Crippen molar-refractivity contribution in [3.8, 4) is 11.3 Å². The zero-order valence-electron chi connectivity index (χ0n) is 14.9. The average Bonchev–Trinajstić information content (AvgIpc) is 3.18. The Morgan fingerprint density at radius 2 is 1.86 bits per heavy atom. The highest BCUT2D eigenvalue weighted by Gasteiger charge is 2.12. The third-order valence-electron chi connectivity index (χ3n) is 3.94. The van der Waals surface area contributed by atoms with E-state index in [0.717, 1.165) is 10.0 Å². The topological polar surface area (TPSA) is 85.6 Å². The fourth-order valence-corrected chi connectivity index (χ4v) is 2.99. The predicted octanol–water partition coefficient (Wildman–Crippen LogP) is 4.63. The second kappa shape index (κ2) is 8.67. The van der Waals surface area contributed by atoms with Crippen molar-refractivity contribution < 1.29 is 23.5 Å². The van der Waals surface area contributed by atoms with Crippen molar-refractivity contribution in [3.05, 3.63) is 76.0 Å². The van der Waals surface area contributed by atoms with Crippen LogP contribution in [-0.4, -0.2) is 24.8 Å². The Kier molecular flexibility index (Phi) is 6.06. The van der Waals surface area contributed by atoms with Gasteiger partial charge in [0.2, 0.25) is 0 Å². The molecule has 0 bridgehead atoms. The van der Waals surface area contributed by atoms with Gasteiger partial charge in [-0.1, -0.05) is 28.1 Å². The Morgan fingerprint density at radius 1 is 1.11 bits per heavy atom. The molecule has 0 fully saturated rings. The van der Waals surface area contributed by atoms with Crippen molar-refractivity contribution >= 4 is 39.8 Å². The number of amides is 1. The molecule has 1 N–H and O–H groups in total. The zero-order valence-corrected chi connectivity index (χ0v) is 16.5. The second-order valence-corrected chi connectivity index (χ2v) is 6.90. The lowest BCUT2D eigenvalue weighted by Gasteiger charge is -2.09. The van der Waals surface area contributed by atoms with Gasteiger partial charge in [-0.2, -0.15) is 0 Å². The summed E-state index contributed by atoms with van der Waals surface area (Å²) in [4.78, 5) is 34.8. The first-order valence-electron chi connectivity index (χ1n) is 8.35. The summed E-state index contributed by atoms with van der Waals surface area (Å²) in [6.07, 6.45) is 0.621. The van der Waals surface area contributed by atoms with Crippen LogP contribution in [0, 0.1) is 6.92 Å². The molecule has 0 atom stereocenters. The molecule has 1 aromatic heterocycles. The molecule has 28 heavy (non-hydrogen) atoms. The SMILES string of the molecule is Cc1cc(Br)ccc1NC(=O)COC(=O)c1ccc(-c2ccc(C=O)o2)cc1. The molecule has 0 unspecified atom stereocenters. The van der Waals surface area contributed by atoms with Gasteiger partial charge in [-0.05, 0) is 55.0 Å². The molecule has 1 heterocycles. The number of halogens is 1. The summed E-state index contributed by atoms with van der Waals surface area (Å²) in [5, 5.41) is 2.70. The smallest absolute Gasteiger partial charge is 0.338 e. The van der Waals surface area contributed by atoms with Gasteiger partial charge in [-0.25, -0.2) is 4.79 Å². The van der Waals surface area contributed by atoms with Gasteiger partial charge >= 0.3 is 5.97 Å². The van der Waals surface area contributed by atoms with E-state index in [1.165, 1.54) is 0 Å². The lowest BCUT2D eigenvalue weighted by atomic mass is 10.1. The Bertz CT molecular complexity index is 1020. The summed E-state index contributed by atoms with van der Waals surface area (Å²) in [7, 11) is 0. The molecule has 142 valence electrons. The Hall–Kier alpha value is -3.19. The number of rotatable bonds is 6. The molecule has 3 rings (SSSR count). The van der Waals surface area contributed by atoms with Gasteiger partial charge in [-0.15, -0.1) is 0 Å². The molecule has 0 saturated carbocycles. The van der Waals surface area contributed by atoms with Crippen LogP contribution in [-0.2, 0) is 9.53 Å². The number of esters is 1. The van der Waals surface area contributed by atoms with Gasteiger partial charge in [0.05, 0.1) is 5.56 Å². The monoisotopic (exact) mass is 441 g/mol. The summed E-state index contributed by atoms with van der Waals surface area (Å²) in [6.45, 7) is 1.47. The number of aryl methyl sites for hydroxylation is 1. The molecule has 0 aliphatic rings. The quantitative estimate of drug-likeness (QED) is 0.445. The zero-order chi connectivity index (χ0) is 20.1. The molecule has 6 nitrogen and oxygen atoms in total. The second-order valence-electron chi connectivity index (χ2n) is 5.98. The molecule has 1 amide bonds. The minimum atomic E-state index is -0.609. The number of anilines is 1. The van der Waals surface area contributed by atoms with E-state index in [-0.39, 0.29) is 5.76 Å². The summed E-state index contributed by atoms with van der Waals surface area (Å²) in [6, 6.07) is 15.2. The maximum atomic E-state index is 12.1. The van der Waals surface area contributed by atoms with Crippen molar-refractivity contribution in [2.75, 3.05) is 11.9 Å². The first kappa shape index (κ1) is 19.6. The van der Waals surface area contributed by atoms with Gasteiger partial charge in [0.15, 0.2) is 18.7 Å². The van der Waals surface area contributed by atoms with Crippen LogP contribution in [0.4, 0.5) is 5.69 Å². The Morgan fingerprint density at radius 3 is 2.50 bits per heavy atom.